The molecule has 88 valence electrons. The van der Waals surface area contributed by atoms with E-state index >= 15 is 0 Å². The molecular formula is C11H23N3O. The van der Waals surface area contributed by atoms with Gasteiger partial charge in [-0.15, -0.1) is 0 Å². The summed E-state index contributed by atoms with van der Waals surface area (Å²) in [6.07, 6.45) is 3.01. The minimum absolute atomic E-state index is 0.0299. The number of nitrogens with one attached hydrogen (secondary N) is 2. The smallest absolute Gasteiger partial charge is 0.315 e. The fourth-order valence-electron chi connectivity index (χ4n) is 1.79. The average Bonchev–Trinajstić information content (AvgIpc) is 2.18. The Bertz CT molecular complexity index is 228. The molecule has 4 N–H and O–H groups in total. The van der Waals surface area contributed by atoms with E-state index in [-0.39, 0.29) is 23.5 Å². The van der Waals surface area contributed by atoms with Crippen LogP contribution in [0.15, 0.2) is 0 Å². The van der Waals surface area contributed by atoms with Gasteiger partial charge in [-0.3, -0.25) is 0 Å². The summed E-state index contributed by atoms with van der Waals surface area (Å²) in [6.45, 7) is 7.05. The van der Waals surface area contributed by atoms with E-state index in [4.69, 9.17) is 5.73 Å². The lowest BCUT2D eigenvalue weighted by molar-refractivity contribution is 0.0797. The molecule has 0 aromatic rings. The summed E-state index contributed by atoms with van der Waals surface area (Å²) in [7, 11) is 0. The fraction of sp³-hybridized carbons (Fsp3) is 0.909. The summed E-state index contributed by atoms with van der Waals surface area (Å²) in [5.74, 6) is 0. The van der Waals surface area contributed by atoms with Crippen molar-refractivity contribution in [3.8, 4) is 0 Å². The first-order valence-electron chi connectivity index (χ1n) is 5.78. The van der Waals surface area contributed by atoms with Crippen molar-refractivity contribution in [1.82, 2.24) is 10.6 Å². The maximum atomic E-state index is 11.5. The van der Waals surface area contributed by atoms with Crippen molar-refractivity contribution in [2.24, 2.45) is 11.1 Å². The van der Waals surface area contributed by atoms with Gasteiger partial charge in [-0.25, -0.2) is 4.79 Å². The highest BCUT2D eigenvalue weighted by Crippen LogP contribution is 2.38. The molecule has 4 nitrogen and oxygen atoms in total. The molecule has 1 fully saturated rings. The van der Waals surface area contributed by atoms with Gasteiger partial charge < -0.3 is 16.4 Å². The SMILES string of the molecule is CCCCNC(=O)NC1CC(N)C1(C)C. The molecule has 1 saturated carbocycles. The van der Waals surface area contributed by atoms with Gasteiger partial charge in [0.15, 0.2) is 0 Å². The van der Waals surface area contributed by atoms with Crippen LogP contribution in [0.5, 0.6) is 0 Å². The van der Waals surface area contributed by atoms with E-state index in [1.54, 1.807) is 0 Å². The molecule has 2 atom stereocenters. The van der Waals surface area contributed by atoms with Crippen molar-refractivity contribution in [2.45, 2.75) is 52.1 Å². The van der Waals surface area contributed by atoms with Crippen molar-refractivity contribution in [3.63, 3.8) is 0 Å². The lowest BCUT2D eigenvalue weighted by atomic mass is 9.63. The van der Waals surface area contributed by atoms with Gasteiger partial charge in [0.25, 0.3) is 0 Å². The molecule has 0 heterocycles. The van der Waals surface area contributed by atoms with Crippen LogP contribution in [0.2, 0.25) is 0 Å². The fourth-order valence-corrected chi connectivity index (χ4v) is 1.79. The van der Waals surface area contributed by atoms with Gasteiger partial charge in [0.2, 0.25) is 0 Å². The first kappa shape index (κ1) is 12.3. The van der Waals surface area contributed by atoms with Crippen molar-refractivity contribution in [3.05, 3.63) is 0 Å². The summed E-state index contributed by atoms with van der Waals surface area (Å²) in [5.41, 5.74) is 5.90. The summed E-state index contributed by atoms with van der Waals surface area (Å²) in [5, 5.41) is 5.81. The van der Waals surface area contributed by atoms with Gasteiger partial charge in [-0.05, 0) is 12.8 Å². The maximum Gasteiger partial charge on any atom is 0.315 e. The van der Waals surface area contributed by atoms with E-state index < -0.39 is 0 Å². The molecule has 15 heavy (non-hydrogen) atoms. The molecule has 1 aliphatic rings. The molecule has 0 aromatic carbocycles. The second kappa shape index (κ2) is 4.84. The van der Waals surface area contributed by atoms with E-state index in [2.05, 4.69) is 31.4 Å². The predicted molar refractivity (Wildman–Crippen MR) is 61.6 cm³/mol. The number of hydrogen-bond acceptors (Lipinski definition) is 2. The topological polar surface area (TPSA) is 67.2 Å². The van der Waals surface area contributed by atoms with Crippen molar-refractivity contribution in [2.75, 3.05) is 6.54 Å². The average molecular weight is 213 g/mol. The van der Waals surface area contributed by atoms with Crippen LogP contribution in [-0.2, 0) is 0 Å². The molecule has 0 saturated heterocycles. The highest BCUT2D eigenvalue weighted by Gasteiger charge is 2.46. The van der Waals surface area contributed by atoms with Crippen LogP contribution in [0.1, 0.15) is 40.0 Å². The zero-order valence-electron chi connectivity index (χ0n) is 9.97. The quantitative estimate of drug-likeness (QED) is 0.614. The zero-order valence-corrected chi connectivity index (χ0v) is 9.97. The summed E-state index contributed by atoms with van der Waals surface area (Å²) in [6, 6.07) is 0.362. The molecule has 2 unspecified atom stereocenters. The predicted octanol–water partition coefficient (Wildman–Crippen LogP) is 1.21. The van der Waals surface area contributed by atoms with Crippen LogP contribution in [0.4, 0.5) is 4.79 Å². The van der Waals surface area contributed by atoms with Crippen LogP contribution >= 0.6 is 0 Å². The molecule has 0 spiro atoms. The Morgan fingerprint density at radius 3 is 2.67 bits per heavy atom. The third-order valence-electron chi connectivity index (χ3n) is 3.46. The second-order valence-electron chi connectivity index (χ2n) is 4.97. The number of amides is 2. The number of carbonyl (C=O) groups excluding carboxylic acids is 1. The third kappa shape index (κ3) is 2.84. The summed E-state index contributed by atoms with van der Waals surface area (Å²) < 4.78 is 0. The van der Waals surface area contributed by atoms with Crippen LogP contribution in [-0.4, -0.2) is 24.7 Å². The Labute approximate surface area is 92.0 Å². The lowest BCUT2D eigenvalue weighted by Crippen LogP contribution is -2.65. The second-order valence-corrected chi connectivity index (χ2v) is 4.97. The Hall–Kier alpha value is -0.770. The molecule has 0 aliphatic heterocycles. The Kier molecular flexibility index (Phi) is 3.97. The van der Waals surface area contributed by atoms with Gasteiger partial charge in [0, 0.05) is 24.0 Å². The molecule has 0 radical (unpaired) electrons. The first-order valence-corrected chi connectivity index (χ1v) is 5.78. The van der Waals surface area contributed by atoms with Gasteiger partial charge in [0.05, 0.1) is 0 Å². The summed E-state index contributed by atoms with van der Waals surface area (Å²) in [4.78, 5) is 11.5. The van der Waals surface area contributed by atoms with Crippen molar-refractivity contribution < 1.29 is 4.79 Å². The molecular weight excluding hydrogens is 190 g/mol. The lowest BCUT2D eigenvalue weighted by Gasteiger charge is -2.50. The van der Waals surface area contributed by atoms with E-state index in [1.165, 1.54) is 0 Å². The number of urea groups is 1. The van der Waals surface area contributed by atoms with Crippen molar-refractivity contribution in [1.29, 1.82) is 0 Å². The Balaban J connectivity index is 2.22. The molecule has 2 amide bonds. The maximum absolute atomic E-state index is 11.5. The number of hydrogen-bond donors (Lipinski definition) is 3. The van der Waals surface area contributed by atoms with E-state index in [0.717, 1.165) is 25.8 Å². The Morgan fingerprint density at radius 1 is 1.53 bits per heavy atom. The number of carbonyl (C=O) groups is 1. The minimum Gasteiger partial charge on any atom is -0.338 e. The van der Waals surface area contributed by atoms with Crippen LogP contribution in [0.3, 0.4) is 0 Å². The van der Waals surface area contributed by atoms with E-state index in [1.807, 2.05) is 0 Å². The van der Waals surface area contributed by atoms with Gasteiger partial charge in [-0.2, -0.15) is 0 Å². The minimum atomic E-state index is -0.0616. The molecule has 0 aromatic heterocycles. The van der Waals surface area contributed by atoms with Crippen LogP contribution in [0, 0.1) is 5.41 Å². The van der Waals surface area contributed by atoms with Gasteiger partial charge >= 0.3 is 6.03 Å². The standard InChI is InChI=1S/C11H23N3O/c1-4-5-6-13-10(15)14-9-7-8(12)11(9,2)3/h8-9H,4-7,12H2,1-3H3,(H2,13,14,15). The molecule has 1 aliphatic carbocycles. The van der Waals surface area contributed by atoms with Gasteiger partial charge in [0.1, 0.15) is 0 Å². The zero-order chi connectivity index (χ0) is 11.5. The molecule has 0 bridgehead atoms. The number of nitrogens with two attached hydrogens (primary N) is 1. The van der Waals surface area contributed by atoms with Crippen LogP contribution < -0.4 is 16.4 Å². The van der Waals surface area contributed by atoms with Crippen molar-refractivity contribution >= 4 is 6.03 Å². The number of unbranched alkanes of at least 4 members (excludes halogenated alkanes) is 1. The molecule has 1 rings (SSSR count). The third-order valence-corrected chi connectivity index (χ3v) is 3.46. The molecule has 4 heteroatoms. The number of rotatable bonds is 4. The first-order chi connectivity index (χ1) is 6.98. The Morgan fingerprint density at radius 2 is 2.20 bits per heavy atom. The summed E-state index contributed by atoms with van der Waals surface area (Å²) >= 11 is 0. The monoisotopic (exact) mass is 213 g/mol. The van der Waals surface area contributed by atoms with Gasteiger partial charge in [-0.1, -0.05) is 27.2 Å². The van der Waals surface area contributed by atoms with E-state index in [9.17, 15) is 4.79 Å². The largest absolute Gasteiger partial charge is 0.338 e. The normalized spacial score (nSPS) is 28.0. The highest BCUT2D eigenvalue weighted by atomic mass is 16.2. The van der Waals surface area contributed by atoms with E-state index in [0.29, 0.717) is 0 Å². The van der Waals surface area contributed by atoms with Crippen LogP contribution in [0.25, 0.3) is 0 Å². The highest BCUT2D eigenvalue weighted by molar-refractivity contribution is 5.74.